The molecule has 2 atom stereocenters. The third kappa shape index (κ3) is 5.94. The van der Waals surface area contributed by atoms with Gasteiger partial charge in [0.25, 0.3) is 11.7 Å². The Balaban J connectivity index is 1.60. The predicted molar refractivity (Wildman–Crippen MR) is 157 cm³/mol. The Hall–Kier alpha value is -4.26. The molecule has 41 heavy (non-hydrogen) atoms. The highest BCUT2D eigenvalue weighted by Gasteiger charge is 2.46. The van der Waals surface area contributed by atoms with E-state index in [1.54, 1.807) is 12.1 Å². The van der Waals surface area contributed by atoms with E-state index in [2.05, 4.69) is 13.8 Å². The van der Waals surface area contributed by atoms with E-state index in [0.29, 0.717) is 48.2 Å². The Labute approximate surface area is 241 Å². The van der Waals surface area contributed by atoms with E-state index in [1.807, 2.05) is 68.4 Å². The molecular formula is C34H37NO6. The van der Waals surface area contributed by atoms with E-state index in [0.717, 1.165) is 23.3 Å². The van der Waals surface area contributed by atoms with Gasteiger partial charge in [-0.2, -0.15) is 0 Å². The molecule has 1 amide bonds. The summed E-state index contributed by atoms with van der Waals surface area (Å²) in [6.45, 7) is 9.33. The summed E-state index contributed by atoms with van der Waals surface area (Å²) in [6.07, 6.45) is 1.64. The molecule has 2 aliphatic rings. The van der Waals surface area contributed by atoms with E-state index in [1.165, 1.54) is 4.90 Å². The third-order valence-electron chi connectivity index (χ3n) is 7.44. The van der Waals surface area contributed by atoms with E-state index < -0.39 is 17.7 Å². The van der Waals surface area contributed by atoms with E-state index in [4.69, 9.17) is 14.2 Å². The first kappa shape index (κ1) is 28.3. The highest BCUT2D eigenvalue weighted by Crippen LogP contribution is 2.43. The maximum absolute atomic E-state index is 13.6. The molecule has 0 radical (unpaired) electrons. The van der Waals surface area contributed by atoms with Gasteiger partial charge >= 0.3 is 0 Å². The molecule has 0 spiro atoms. The summed E-state index contributed by atoms with van der Waals surface area (Å²) in [5.74, 6) is 0.812. The zero-order valence-corrected chi connectivity index (χ0v) is 24.1. The van der Waals surface area contributed by atoms with Crippen molar-refractivity contribution in [2.45, 2.75) is 59.2 Å². The largest absolute Gasteiger partial charge is 0.507 e. The lowest BCUT2D eigenvalue weighted by molar-refractivity contribution is -0.140. The number of fused-ring (bicyclic) bond motifs is 1. The second kappa shape index (κ2) is 12.1. The van der Waals surface area contributed by atoms with Crippen LogP contribution < -0.4 is 14.2 Å². The summed E-state index contributed by atoms with van der Waals surface area (Å²) in [4.78, 5) is 28.6. The number of hydrogen-bond donors (Lipinski definition) is 1. The second-order valence-electron chi connectivity index (χ2n) is 11.0. The number of amides is 1. The van der Waals surface area contributed by atoms with Crippen LogP contribution in [0.3, 0.4) is 0 Å². The molecule has 1 N–H and O–H groups in total. The van der Waals surface area contributed by atoms with Crippen LogP contribution in [-0.2, 0) is 22.6 Å². The van der Waals surface area contributed by atoms with Crippen LogP contribution in [0.2, 0.25) is 0 Å². The molecule has 2 aliphatic heterocycles. The number of aliphatic hydroxyl groups is 1. The topological polar surface area (TPSA) is 85.3 Å². The number of aliphatic hydroxyl groups excluding tert-OH is 1. The van der Waals surface area contributed by atoms with E-state index in [9.17, 15) is 14.7 Å². The molecule has 214 valence electrons. The SMILES string of the molecule is CCOc1cc([C@@H]2/C(=C(\O)c3ccc4c(c3)C[C@H](C)O4)C(=O)C(=O)N2Cc2ccccc2)ccc1OCCC(C)C. The van der Waals surface area contributed by atoms with Crippen LogP contribution in [0.5, 0.6) is 17.2 Å². The number of ketones is 1. The Bertz CT molecular complexity index is 1460. The maximum atomic E-state index is 13.6. The highest BCUT2D eigenvalue weighted by atomic mass is 16.5. The lowest BCUT2D eigenvalue weighted by Gasteiger charge is -2.26. The fourth-order valence-corrected chi connectivity index (χ4v) is 5.38. The number of carbonyl (C=O) groups excluding carboxylic acids is 2. The van der Waals surface area contributed by atoms with Crippen molar-refractivity contribution in [1.82, 2.24) is 4.90 Å². The Morgan fingerprint density at radius 3 is 2.54 bits per heavy atom. The Morgan fingerprint density at radius 2 is 1.80 bits per heavy atom. The summed E-state index contributed by atoms with van der Waals surface area (Å²) in [5.41, 5.74) is 3.01. The van der Waals surface area contributed by atoms with Crippen molar-refractivity contribution in [2.75, 3.05) is 13.2 Å². The summed E-state index contributed by atoms with van der Waals surface area (Å²) in [6, 6.07) is 19.5. The fourth-order valence-electron chi connectivity index (χ4n) is 5.38. The van der Waals surface area contributed by atoms with Crippen molar-refractivity contribution in [2.24, 2.45) is 5.92 Å². The van der Waals surface area contributed by atoms with Crippen LogP contribution in [0, 0.1) is 5.92 Å². The number of rotatable bonds is 10. The molecule has 0 bridgehead atoms. The van der Waals surface area contributed by atoms with Crippen LogP contribution in [0.4, 0.5) is 0 Å². The average Bonchev–Trinajstić information content (AvgIpc) is 3.45. The first-order chi connectivity index (χ1) is 19.8. The minimum absolute atomic E-state index is 0.0390. The first-order valence-corrected chi connectivity index (χ1v) is 14.3. The van der Waals surface area contributed by atoms with Crippen molar-refractivity contribution >= 4 is 17.4 Å². The lowest BCUT2D eigenvalue weighted by Crippen LogP contribution is -2.29. The number of likely N-dealkylation sites (tertiary alicyclic amines) is 1. The van der Waals surface area contributed by atoms with Gasteiger partial charge in [0.05, 0.1) is 24.8 Å². The van der Waals surface area contributed by atoms with Crippen LogP contribution in [0.15, 0.2) is 72.3 Å². The minimum atomic E-state index is -0.817. The molecule has 1 fully saturated rings. The molecule has 0 unspecified atom stereocenters. The zero-order valence-electron chi connectivity index (χ0n) is 24.1. The normalized spacial score (nSPS) is 19.4. The summed E-state index contributed by atoms with van der Waals surface area (Å²) in [5, 5.41) is 11.6. The zero-order chi connectivity index (χ0) is 29.1. The Morgan fingerprint density at radius 1 is 1.02 bits per heavy atom. The number of benzene rings is 3. The molecule has 7 heteroatoms. The van der Waals surface area contributed by atoms with Gasteiger partial charge in [-0.05, 0) is 73.2 Å². The fraction of sp³-hybridized carbons (Fsp3) is 0.353. The van der Waals surface area contributed by atoms with Gasteiger partial charge in [0, 0.05) is 18.5 Å². The van der Waals surface area contributed by atoms with Gasteiger partial charge in [-0.3, -0.25) is 9.59 Å². The molecule has 0 aliphatic carbocycles. The standard InChI is InChI=1S/C34H37NO6/c1-5-39-29-19-24(11-14-28(29)40-16-15-21(2)3)31-30(32(36)25-12-13-27-26(18-25)17-22(4)41-27)33(37)34(38)35(31)20-23-9-7-6-8-10-23/h6-14,18-19,21-22,31,36H,5,15-17,20H2,1-4H3/b32-30+/t22-,31+/m0/s1. The minimum Gasteiger partial charge on any atom is -0.507 e. The monoisotopic (exact) mass is 555 g/mol. The molecule has 7 nitrogen and oxygen atoms in total. The first-order valence-electron chi connectivity index (χ1n) is 14.3. The summed E-state index contributed by atoms with van der Waals surface area (Å²) >= 11 is 0. The second-order valence-corrected chi connectivity index (χ2v) is 11.0. The van der Waals surface area contributed by atoms with Gasteiger partial charge in [-0.25, -0.2) is 0 Å². The summed E-state index contributed by atoms with van der Waals surface area (Å²) in [7, 11) is 0. The summed E-state index contributed by atoms with van der Waals surface area (Å²) < 4.78 is 17.8. The van der Waals surface area contributed by atoms with Gasteiger partial charge in [0.2, 0.25) is 0 Å². The third-order valence-corrected chi connectivity index (χ3v) is 7.44. The van der Waals surface area contributed by atoms with Gasteiger partial charge < -0.3 is 24.2 Å². The van der Waals surface area contributed by atoms with Crippen LogP contribution in [-0.4, -0.2) is 41.0 Å². The number of ether oxygens (including phenoxy) is 3. The average molecular weight is 556 g/mol. The molecule has 3 aromatic rings. The molecule has 0 aromatic heterocycles. The molecular weight excluding hydrogens is 518 g/mol. The quantitative estimate of drug-likeness (QED) is 0.176. The van der Waals surface area contributed by atoms with Gasteiger partial charge in [-0.15, -0.1) is 0 Å². The predicted octanol–water partition coefficient (Wildman–Crippen LogP) is 6.46. The number of nitrogens with zero attached hydrogens (tertiary/aromatic N) is 1. The molecule has 1 saturated heterocycles. The molecule has 5 rings (SSSR count). The van der Waals surface area contributed by atoms with E-state index in [-0.39, 0.29) is 24.0 Å². The number of hydrogen-bond acceptors (Lipinski definition) is 6. The maximum Gasteiger partial charge on any atom is 0.295 e. The smallest absolute Gasteiger partial charge is 0.295 e. The highest BCUT2D eigenvalue weighted by molar-refractivity contribution is 6.46. The lowest BCUT2D eigenvalue weighted by atomic mass is 9.94. The number of Topliss-reactive ketones (excluding diaryl/α,β-unsaturated/α-hetero) is 1. The van der Waals surface area contributed by atoms with Crippen LogP contribution in [0.25, 0.3) is 5.76 Å². The van der Waals surface area contributed by atoms with E-state index >= 15 is 0 Å². The van der Waals surface area contributed by atoms with Crippen LogP contribution >= 0.6 is 0 Å². The number of carbonyl (C=O) groups is 2. The van der Waals surface area contributed by atoms with Gasteiger partial charge in [-0.1, -0.05) is 50.2 Å². The van der Waals surface area contributed by atoms with Gasteiger partial charge in [0.1, 0.15) is 17.6 Å². The van der Waals surface area contributed by atoms with Crippen molar-refractivity contribution in [3.63, 3.8) is 0 Å². The van der Waals surface area contributed by atoms with Crippen molar-refractivity contribution in [1.29, 1.82) is 0 Å². The van der Waals surface area contributed by atoms with Gasteiger partial charge in [0.15, 0.2) is 11.5 Å². The Kier molecular flexibility index (Phi) is 8.34. The van der Waals surface area contributed by atoms with Crippen LogP contribution in [0.1, 0.15) is 62.4 Å². The van der Waals surface area contributed by atoms with Crippen molar-refractivity contribution in [3.8, 4) is 17.2 Å². The van der Waals surface area contributed by atoms with Crippen molar-refractivity contribution in [3.05, 3.63) is 94.6 Å². The molecule has 2 heterocycles. The molecule has 3 aromatic carbocycles. The molecule has 0 saturated carbocycles. The van der Waals surface area contributed by atoms with Crippen molar-refractivity contribution < 1.29 is 28.9 Å².